The molecule has 0 fully saturated rings. The number of benzene rings is 1. The van der Waals surface area contributed by atoms with Crippen LogP contribution in [0.25, 0.3) is 0 Å². The van der Waals surface area contributed by atoms with Gasteiger partial charge >= 0.3 is 6.18 Å². The van der Waals surface area contributed by atoms with Crippen LogP contribution in [0.2, 0.25) is 0 Å². The minimum atomic E-state index is -4.00. The molecule has 0 saturated carbocycles. The highest BCUT2D eigenvalue weighted by Gasteiger charge is 2.15. The maximum Gasteiger partial charge on any atom is 0.386 e. The standard InChI is InChI=1S/C7H8FN.C2H3F3/c8-7-4-2-1-3-6(7)5-9;1-2(3,4)5/h1-4H,5,9H2;1H3. The van der Waals surface area contributed by atoms with Gasteiger partial charge < -0.3 is 5.73 Å². The first-order valence-corrected chi connectivity index (χ1v) is 3.85. The van der Waals surface area contributed by atoms with Gasteiger partial charge in [0.15, 0.2) is 0 Å². The molecule has 0 bridgehead atoms. The van der Waals surface area contributed by atoms with E-state index in [4.69, 9.17) is 5.73 Å². The molecule has 1 nitrogen and oxygen atoms in total. The van der Waals surface area contributed by atoms with E-state index in [1.165, 1.54) is 6.07 Å². The van der Waals surface area contributed by atoms with E-state index in [0.717, 1.165) is 0 Å². The molecule has 0 amide bonds. The molecule has 0 saturated heterocycles. The van der Waals surface area contributed by atoms with Gasteiger partial charge in [0.05, 0.1) is 0 Å². The predicted octanol–water partition coefficient (Wildman–Crippen LogP) is 2.85. The fraction of sp³-hybridized carbons (Fsp3) is 0.333. The Kier molecular flexibility index (Phi) is 5.15. The largest absolute Gasteiger partial charge is 0.386 e. The molecule has 0 spiro atoms. The summed E-state index contributed by atoms with van der Waals surface area (Å²) in [5, 5.41) is 0. The van der Waals surface area contributed by atoms with E-state index in [2.05, 4.69) is 0 Å². The first kappa shape index (κ1) is 12.9. The molecule has 0 heterocycles. The van der Waals surface area contributed by atoms with Gasteiger partial charge in [0, 0.05) is 19.0 Å². The molecule has 2 N–H and O–H groups in total. The van der Waals surface area contributed by atoms with Crippen molar-refractivity contribution in [3.8, 4) is 0 Å². The Labute approximate surface area is 79.5 Å². The van der Waals surface area contributed by atoms with Crippen LogP contribution in [0.1, 0.15) is 12.5 Å². The number of halogens is 4. The first-order chi connectivity index (χ1) is 6.34. The third-order valence-electron chi connectivity index (χ3n) is 1.18. The number of alkyl halides is 3. The lowest BCUT2D eigenvalue weighted by Crippen LogP contribution is -1.98. The fourth-order valence-electron chi connectivity index (χ4n) is 0.664. The number of hydrogen-bond donors (Lipinski definition) is 1. The quantitative estimate of drug-likeness (QED) is 0.707. The van der Waals surface area contributed by atoms with E-state index in [1.807, 2.05) is 0 Å². The van der Waals surface area contributed by atoms with Crippen molar-refractivity contribution < 1.29 is 17.6 Å². The molecule has 1 rings (SSSR count). The zero-order chi connectivity index (χ0) is 11.2. The minimum absolute atomic E-state index is 0.188. The first-order valence-electron chi connectivity index (χ1n) is 3.85. The summed E-state index contributed by atoms with van der Waals surface area (Å²) in [7, 11) is 0. The topological polar surface area (TPSA) is 26.0 Å². The molecular weight excluding hydrogens is 198 g/mol. The maximum atomic E-state index is 12.5. The van der Waals surface area contributed by atoms with Gasteiger partial charge in [-0.2, -0.15) is 13.2 Å². The van der Waals surface area contributed by atoms with Crippen LogP contribution in [0.15, 0.2) is 24.3 Å². The summed E-state index contributed by atoms with van der Waals surface area (Å²) in [6.07, 6.45) is -4.00. The highest BCUT2D eigenvalue weighted by atomic mass is 19.4. The van der Waals surface area contributed by atoms with E-state index in [9.17, 15) is 17.6 Å². The zero-order valence-corrected chi connectivity index (χ0v) is 7.61. The van der Waals surface area contributed by atoms with Crippen LogP contribution in [0, 0.1) is 5.82 Å². The van der Waals surface area contributed by atoms with Gasteiger partial charge in [-0.25, -0.2) is 4.39 Å². The smallest absolute Gasteiger partial charge is 0.326 e. The molecule has 1 aromatic rings. The predicted molar refractivity (Wildman–Crippen MR) is 46.0 cm³/mol. The monoisotopic (exact) mass is 209 g/mol. The van der Waals surface area contributed by atoms with Crippen molar-refractivity contribution in [1.29, 1.82) is 0 Å². The molecule has 0 atom stereocenters. The summed E-state index contributed by atoms with van der Waals surface area (Å²) in [5.41, 5.74) is 5.78. The Morgan fingerprint density at radius 1 is 1.21 bits per heavy atom. The van der Waals surface area contributed by atoms with E-state index in [-0.39, 0.29) is 19.3 Å². The maximum absolute atomic E-state index is 12.5. The molecule has 80 valence electrons. The average Bonchev–Trinajstić information content (AvgIpc) is 2.02. The normalized spacial score (nSPS) is 10.4. The van der Waals surface area contributed by atoms with Crippen LogP contribution in [0.5, 0.6) is 0 Å². The molecular formula is C9H11F4N. The molecule has 0 unspecified atom stereocenters. The summed E-state index contributed by atoms with van der Waals surface area (Å²) >= 11 is 0. The minimum Gasteiger partial charge on any atom is -0.326 e. The molecule has 14 heavy (non-hydrogen) atoms. The van der Waals surface area contributed by atoms with Gasteiger partial charge in [0.25, 0.3) is 0 Å². The zero-order valence-electron chi connectivity index (χ0n) is 7.61. The second-order valence-corrected chi connectivity index (χ2v) is 2.58. The van der Waals surface area contributed by atoms with Crippen LogP contribution < -0.4 is 5.73 Å². The van der Waals surface area contributed by atoms with Crippen LogP contribution in [0.4, 0.5) is 17.6 Å². The molecule has 0 aliphatic carbocycles. The van der Waals surface area contributed by atoms with Gasteiger partial charge in [-0.15, -0.1) is 0 Å². The Morgan fingerprint density at radius 3 is 1.93 bits per heavy atom. The molecule has 0 aliphatic heterocycles. The van der Waals surface area contributed by atoms with E-state index in [0.29, 0.717) is 5.56 Å². The lowest BCUT2D eigenvalue weighted by atomic mass is 10.2. The number of hydrogen-bond acceptors (Lipinski definition) is 1. The van der Waals surface area contributed by atoms with Crippen molar-refractivity contribution in [3.63, 3.8) is 0 Å². The summed E-state index contributed by atoms with van der Waals surface area (Å²) < 4.78 is 43.6. The van der Waals surface area contributed by atoms with Crippen LogP contribution in [-0.2, 0) is 6.54 Å². The second-order valence-electron chi connectivity index (χ2n) is 2.58. The SMILES string of the molecule is CC(F)(F)F.NCc1ccccc1F. The molecule has 0 radical (unpaired) electrons. The van der Waals surface area contributed by atoms with Gasteiger partial charge in [0.1, 0.15) is 5.82 Å². The Balaban J connectivity index is 0.000000292. The van der Waals surface area contributed by atoms with E-state index >= 15 is 0 Å². The summed E-state index contributed by atoms with van der Waals surface area (Å²) in [6, 6.07) is 6.50. The summed E-state index contributed by atoms with van der Waals surface area (Å²) in [4.78, 5) is 0. The third-order valence-corrected chi connectivity index (χ3v) is 1.18. The molecule has 5 heteroatoms. The average molecular weight is 209 g/mol. The summed E-state index contributed by atoms with van der Waals surface area (Å²) in [6.45, 7) is 0.458. The lowest BCUT2D eigenvalue weighted by molar-refractivity contribution is -0.110. The van der Waals surface area contributed by atoms with Crippen LogP contribution >= 0.6 is 0 Å². The Morgan fingerprint density at radius 2 is 1.64 bits per heavy atom. The lowest BCUT2D eigenvalue weighted by Gasteiger charge is -1.94. The molecule has 0 aromatic heterocycles. The highest BCUT2D eigenvalue weighted by Crippen LogP contribution is 2.10. The van der Waals surface area contributed by atoms with E-state index < -0.39 is 6.18 Å². The van der Waals surface area contributed by atoms with Crippen molar-refractivity contribution in [2.45, 2.75) is 19.6 Å². The Bertz CT molecular complexity index is 264. The van der Waals surface area contributed by atoms with Crippen LogP contribution in [0.3, 0.4) is 0 Å². The van der Waals surface area contributed by atoms with Gasteiger partial charge in [0.2, 0.25) is 0 Å². The van der Waals surface area contributed by atoms with Crippen molar-refractivity contribution in [2.75, 3.05) is 0 Å². The van der Waals surface area contributed by atoms with E-state index in [1.54, 1.807) is 18.2 Å². The highest BCUT2D eigenvalue weighted by molar-refractivity contribution is 5.16. The van der Waals surface area contributed by atoms with Crippen molar-refractivity contribution in [2.24, 2.45) is 5.73 Å². The fourth-order valence-corrected chi connectivity index (χ4v) is 0.664. The summed E-state index contributed by atoms with van der Waals surface area (Å²) in [5.74, 6) is -0.222. The van der Waals surface area contributed by atoms with Gasteiger partial charge in [-0.05, 0) is 6.07 Å². The third kappa shape index (κ3) is 7.54. The van der Waals surface area contributed by atoms with Crippen molar-refractivity contribution >= 4 is 0 Å². The Hall–Kier alpha value is -1.10. The van der Waals surface area contributed by atoms with Gasteiger partial charge in [-0.1, -0.05) is 18.2 Å². The second kappa shape index (κ2) is 5.59. The van der Waals surface area contributed by atoms with Crippen molar-refractivity contribution in [1.82, 2.24) is 0 Å². The number of nitrogens with two attached hydrogens (primary N) is 1. The van der Waals surface area contributed by atoms with Gasteiger partial charge in [-0.3, -0.25) is 0 Å². The number of rotatable bonds is 1. The molecule has 1 aromatic carbocycles. The molecule has 0 aliphatic rings. The van der Waals surface area contributed by atoms with Crippen LogP contribution in [-0.4, -0.2) is 6.18 Å². The van der Waals surface area contributed by atoms with Crippen molar-refractivity contribution in [3.05, 3.63) is 35.6 Å².